The molecular formula is C20H21N5O5S. The first kappa shape index (κ1) is 20.9. The summed E-state index contributed by atoms with van der Waals surface area (Å²) in [5.74, 6) is 0. The quantitative estimate of drug-likeness (QED) is 0.445. The largest absolute Gasteiger partial charge is 0.369 e. The minimum Gasteiger partial charge on any atom is -0.369 e. The highest BCUT2D eigenvalue weighted by molar-refractivity contribution is 7.88. The van der Waals surface area contributed by atoms with Crippen LogP contribution in [-0.4, -0.2) is 59.9 Å². The van der Waals surface area contributed by atoms with Crippen LogP contribution in [0.2, 0.25) is 0 Å². The number of hydrogen-bond acceptors (Lipinski definition) is 7. The monoisotopic (exact) mass is 443 g/mol. The zero-order valence-electron chi connectivity index (χ0n) is 17.1. The summed E-state index contributed by atoms with van der Waals surface area (Å²) < 4.78 is 26.0. The standard InChI is InChI=1S/C20H21N5O5S/c1-14-16-5-3-4-6-17(16)20(26)24(21-14)19-13-15(7-8-18(19)25(27)28)22-9-11-23(12-10-22)31(2,29)30/h3-8,13H,9-12H2,1-2H3. The number of aromatic nitrogens is 2. The van der Waals surface area contributed by atoms with Gasteiger partial charge in [-0.3, -0.25) is 14.9 Å². The Bertz CT molecular complexity index is 1340. The Kier molecular flexibility index (Phi) is 5.23. The summed E-state index contributed by atoms with van der Waals surface area (Å²) >= 11 is 0. The smallest absolute Gasteiger partial charge is 0.295 e. The molecule has 3 aromatic rings. The van der Waals surface area contributed by atoms with Gasteiger partial charge in [-0.2, -0.15) is 14.1 Å². The number of piperazine rings is 1. The molecule has 0 amide bonds. The van der Waals surface area contributed by atoms with E-state index in [-0.39, 0.29) is 11.4 Å². The van der Waals surface area contributed by atoms with Gasteiger partial charge in [-0.05, 0) is 25.1 Å². The van der Waals surface area contributed by atoms with Crippen molar-refractivity contribution in [1.29, 1.82) is 0 Å². The van der Waals surface area contributed by atoms with Crippen molar-refractivity contribution in [2.24, 2.45) is 0 Å². The van der Waals surface area contributed by atoms with Crippen LogP contribution in [0.25, 0.3) is 16.5 Å². The molecule has 0 aliphatic carbocycles. The van der Waals surface area contributed by atoms with Crippen LogP contribution in [0, 0.1) is 17.0 Å². The number of rotatable bonds is 4. The Balaban J connectivity index is 1.80. The van der Waals surface area contributed by atoms with E-state index in [2.05, 4.69) is 5.10 Å². The molecule has 31 heavy (non-hydrogen) atoms. The first-order valence-corrected chi connectivity index (χ1v) is 11.5. The summed E-state index contributed by atoms with van der Waals surface area (Å²) in [6, 6.07) is 11.5. The van der Waals surface area contributed by atoms with E-state index < -0.39 is 20.5 Å². The molecule has 0 N–H and O–H groups in total. The number of nitrogens with zero attached hydrogens (tertiary/aromatic N) is 5. The number of benzene rings is 2. The van der Waals surface area contributed by atoms with Gasteiger partial charge in [0.15, 0.2) is 0 Å². The second kappa shape index (κ2) is 7.75. The first-order chi connectivity index (χ1) is 14.7. The molecule has 0 bridgehead atoms. The van der Waals surface area contributed by atoms with Gasteiger partial charge in [0, 0.05) is 43.3 Å². The summed E-state index contributed by atoms with van der Waals surface area (Å²) in [4.78, 5) is 26.2. The van der Waals surface area contributed by atoms with Gasteiger partial charge in [0.2, 0.25) is 10.0 Å². The van der Waals surface area contributed by atoms with Crippen LogP contribution >= 0.6 is 0 Å². The van der Waals surface area contributed by atoms with E-state index in [1.165, 1.54) is 16.6 Å². The molecule has 1 aliphatic heterocycles. The van der Waals surface area contributed by atoms with Crippen LogP contribution in [0.3, 0.4) is 0 Å². The van der Waals surface area contributed by atoms with Gasteiger partial charge < -0.3 is 4.90 Å². The maximum atomic E-state index is 13.1. The topological polar surface area (TPSA) is 119 Å². The lowest BCUT2D eigenvalue weighted by Gasteiger charge is -2.34. The normalized spacial score (nSPS) is 15.4. The third-order valence-electron chi connectivity index (χ3n) is 5.45. The number of aryl methyl sites for hydroxylation is 1. The Hall–Kier alpha value is -3.31. The minimum atomic E-state index is -3.27. The summed E-state index contributed by atoms with van der Waals surface area (Å²) in [5, 5.41) is 17.1. The highest BCUT2D eigenvalue weighted by atomic mass is 32.2. The SMILES string of the molecule is Cc1nn(-c2cc(N3CCN(S(C)(=O)=O)CC3)ccc2[N+](=O)[O-])c(=O)c2ccccc12. The van der Waals surface area contributed by atoms with E-state index in [1.54, 1.807) is 43.3 Å². The lowest BCUT2D eigenvalue weighted by molar-refractivity contribution is -0.384. The number of nitro benzene ring substituents is 1. The predicted octanol–water partition coefficient (Wildman–Crippen LogP) is 1.68. The number of hydrogen-bond donors (Lipinski definition) is 0. The predicted molar refractivity (Wildman–Crippen MR) is 117 cm³/mol. The van der Waals surface area contributed by atoms with Crippen LogP contribution in [0.15, 0.2) is 47.3 Å². The number of anilines is 1. The molecule has 4 rings (SSSR count). The summed E-state index contributed by atoms with van der Waals surface area (Å²) in [6.45, 7) is 3.25. The highest BCUT2D eigenvalue weighted by Gasteiger charge is 2.26. The zero-order valence-corrected chi connectivity index (χ0v) is 17.9. The van der Waals surface area contributed by atoms with Crippen LogP contribution in [0.5, 0.6) is 0 Å². The van der Waals surface area contributed by atoms with E-state index in [1.807, 2.05) is 4.90 Å². The van der Waals surface area contributed by atoms with Gasteiger partial charge >= 0.3 is 0 Å². The lowest BCUT2D eigenvalue weighted by atomic mass is 10.1. The van der Waals surface area contributed by atoms with Crippen LogP contribution in [0.4, 0.5) is 11.4 Å². The minimum absolute atomic E-state index is 0.0758. The molecule has 0 unspecified atom stereocenters. The number of nitro groups is 1. The molecule has 0 spiro atoms. The highest BCUT2D eigenvalue weighted by Crippen LogP contribution is 2.28. The van der Waals surface area contributed by atoms with Crippen LogP contribution in [0.1, 0.15) is 5.69 Å². The molecule has 0 saturated carbocycles. The van der Waals surface area contributed by atoms with Gasteiger partial charge in [0.05, 0.1) is 22.3 Å². The van der Waals surface area contributed by atoms with Gasteiger partial charge in [-0.1, -0.05) is 18.2 Å². The second-order valence-electron chi connectivity index (χ2n) is 7.43. The first-order valence-electron chi connectivity index (χ1n) is 9.64. The van der Waals surface area contributed by atoms with Gasteiger partial charge in [0.1, 0.15) is 5.69 Å². The average Bonchev–Trinajstić information content (AvgIpc) is 2.75. The Labute approximate surface area is 178 Å². The Morgan fingerprint density at radius 2 is 1.68 bits per heavy atom. The lowest BCUT2D eigenvalue weighted by Crippen LogP contribution is -2.48. The maximum Gasteiger partial charge on any atom is 0.295 e. The molecular weight excluding hydrogens is 422 g/mol. The maximum absolute atomic E-state index is 13.1. The van der Waals surface area contributed by atoms with E-state index in [0.717, 1.165) is 4.68 Å². The molecule has 0 atom stereocenters. The molecule has 2 heterocycles. The van der Waals surface area contributed by atoms with Crippen molar-refractivity contribution in [1.82, 2.24) is 14.1 Å². The van der Waals surface area contributed by atoms with E-state index >= 15 is 0 Å². The van der Waals surface area contributed by atoms with Crippen molar-refractivity contribution in [2.45, 2.75) is 6.92 Å². The molecule has 162 valence electrons. The Morgan fingerprint density at radius 1 is 1.03 bits per heavy atom. The molecule has 1 aromatic heterocycles. The zero-order chi connectivity index (χ0) is 22.3. The third-order valence-corrected chi connectivity index (χ3v) is 6.75. The van der Waals surface area contributed by atoms with E-state index in [0.29, 0.717) is 48.3 Å². The van der Waals surface area contributed by atoms with Crippen molar-refractivity contribution < 1.29 is 13.3 Å². The van der Waals surface area contributed by atoms with E-state index in [9.17, 15) is 23.3 Å². The number of fused-ring (bicyclic) bond motifs is 1. The molecule has 10 nitrogen and oxygen atoms in total. The van der Waals surface area contributed by atoms with Crippen LogP contribution in [-0.2, 0) is 10.0 Å². The molecule has 1 aliphatic rings. The molecule has 11 heteroatoms. The van der Waals surface area contributed by atoms with Crippen molar-refractivity contribution in [2.75, 3.05) is 37.3 Å². The fourth-order valence-corrected chi connectivity index (χ4v) is 4.65. The van der Waals surface area contributed by atoms with E-state index in [4.69, 9.17) is 0 Å². The summed E-state index contributed by atoms with van der Waals surface area (Å²) in [6.07, 6.45) is 1.17. The molecule has 0 radical (unpaired) electrons. The van der Waals surface area contributed by atoms with Crippen molar-refractivity contribution in [3.8, 4) is 5.69 Å². The molecule has 1 fully saturated rings. The summed E-state index contributed by atoms with van der Waals surface area (Å²) in [7, 11) is -3.27. The molecule has 2 aromatic carbocycles. The van der Waals surface area contributed by atoms with Crippen LogP contribution < -0.4 is 10.5 Å². The van der Waals surface area contributed by atoms with Crippen molar-refractivity contribution in [3.63, 3.8) is 0 Å². The second-order valence-corrected chi connectivity index (χ2v) is 9.41. The summed E-state index contributed by atoms with van der Waals surface area (Å²) in [5.41, 5.74) is 0.642. The number of sulfonamides is 1. The van der Waals surface area contributed by atoms with Crippen molar-refractivity contribution >= 4 is 32.2 Å². The van der Waals surface area contributed by atoms with Gasteiger partial charge in [-0.25, -0.2) is 8.42 Å². The fourth-order valence-electron chi connectivity index (χ4n) is 3.82. The Morgan fingerprint density at radius 3 is 2.29 bits per heavy atom. The van der Waals surface area contributed by atoms with Crippen molar-refractivity contribution in [3.05, 3.63) is 68.6 Å². The third kappa shape index (κ3) is 3.89. The molecule has 1 saturated heterocycles. The fraction of sp³-hybridized carbons (Fsp3) is 0.300. The van der Waals surface area contributed by atoms with Gasteiger partial charge in [0.25, 0.3) is 11.2 Å². The average molecular weight is 443 g/mol. The van der Waals surface area contributed by atoms with Gasteiger partial charge in [-0.15, -0.1) is 0 Å².